The van der Waals surface area contributed by atoms with E-state index in [-0.39, 0.29) is 0 Å². The summed E-state index contributed by atoms with van der Waals surface area (Å²) in [5, 5.41) is 8.87. The van der Waals surface area contributed by atoms with Gasteiger partial charge in [0.1, 0.15) is 5.54 Å². The molecule has 72 valence electrons. The summed E-state index contributed by atoms with van der Waals surface area (Å²) in [6.45, 7) is 3.99. The molecule has 3 N–H and O–H groups in total. The Morgan fingerprint density at radius 3 is 2.25 bits per heavy atom. The summed E-state index contributed by atoms with van der Waals surface area (Å²) in [6, 6.07) is 0. The molecule has 0 heterocycles. The zero-order valence-electron chi connectivity index (χ0n) is 7.97. The first-order valence-corrected chi connectivity index (χ1v) is 4.59. The van der Waals surface area contributed by atoms with Gasteiger partial charge in [0, 0.05) is 0 Å². The lowest BCUT2D eigenvalue weighted by molar-refractivity contribution is -0.144. The first kappa shape index (κ1) is 11.4. The third-order valence-electron chi connectivity index (χ3n) is 2.10. The van der Waals surface area contributed by atoms with Crippen molar-refractivity contribution in [3.8, 4) is 0 Å². The van der Waals surface area contributed by atoms with Gasteiger partial charge in [-0.25, -0.2) is 0 Å². The average molecular weight is 173 g/mol. The second-order valence-corrected chi connectivity index (χ2v) is 3.31. The van der Waals surface area contributed by atoms with Crippen molar-refractivity contribution in [3.05, 3.63) is 0 Å². The first-order chi connectivity index (χ1) is 5.56. The molecule has 0 aliphatic heterocycles. The zero-order chi connectivity index (χ0) is 9.61. The smallest absolute Gasteiger partial charge is 0.323 e. The summed E-state index contributed by atoms with van der Waals surface area (Å²) in [6.07, 6.45) is 3.88. The molecule has 0 rings (SSSR count). The molecule has 0 aromatic carbocycles. The van der Waals surface area contributed by atoms with E-state index in [1.54, 1.807) is 0 Å². The predicted molar refractivity (Wildman–Crippen MR) is 49.0 cm³/mol. The fourth-order valence-electron chi connectivity index (χ4n) is 1.28. The van der Waals surface area contributed by atoms with Gasteiger partial charge in [0.05, 0.1) is 0 Å². The summed E-state index contributed by atoms with van der Waals surface area (Å²) >= 11 is 0. The SMILES string of the molecule is CCCC[C@](N)(CCC)C(=O)O. The maximum atomic E-state index is 10.8. The van der Waals surface area contributed by atoms with Crippen LogP contribution in [0.25, 0.3) is 0 Å². The molecule has 3 heteroatoms. The van der Waals surface area contributed by atoms with Crippen LogP contribution in [0, 0.1) is 0 Å². The Kier molecular flexibility index (Phi) is 4.90. The van der Waals surface area contributed by atoms with E-state index in [1.807, 2.05) is 13.8 Å². The Bertz CT molecular complexity index is 147. The van der Waals surface area contributed by atoms with Crippen LogP contribution in [0.4, 0.5) is 0 Å². The van der Waals surface area contributed by atoms with E-state index in [1.165, 1.54) is 0 Å². The third-order valence-corrected chi connectivity index (χ3v) is 2.10. The number of nitrogens with two attached hydrogens (primary N) is 1. The Hall–Kier alpha value is -0.570. The molecule has 0 aliphatic carbocycles. The monoisotopic (exact) mass is 173 g/mol. The minimum Gasteiger partial charge on any atom is -0.480 e. The molecule has 0 spiro atoms. The van der Waals surface area contributed by atoms with Gasteiger partial charge in [-0.3, -0.25) is 4.79 Å². The number of aliphatic carboxylic acids is 1. The summed E-state index contributed by atoms with van der Waals surface area (Å²) in [4.78, 5) is 10.8. The molecule has 0 amide bonds. The van der Waals surface area contributed by atoms with Crippen molar-refractivity contribution in [1.82, 2.24) is 0 Å². The van der Waals surface area contributed by atoms with E-state index < -0.39 is 11.5 Å². The second kappa shape index (κ2) is 5.14. The maximum absolute atomic E-state index is 10.8. The van der Waals surface area contributed by atoms with Gasteiger partial charge in [0.25, 0.3) is 0 Å². The molecular weight excluding hydrogens is 154 g/mol. The van der Waals surface area contributed by atoms with Crippen LogP contribution >= 0.6 is 0 Å². The molecule has 0 aromatic rings. The lowest BCUT2D eigenvalue weighted by Gasteiger charge is -2.23. The van der Waals surface area contributed by atoms with Gasteiger partial charge in [-0.05, 0) is 12.8 Å². The maximum Gasteiger partial charge on any atom is 0.323 e. The highest BCUT2D eigenvalue weighted by molar-refractivity contribution is 5.78. The lowest BCUT2D eigenvalue weighted by atomic mass is 9.89. The second-order valence-electron chi connectivity index (χ2n) is 3.31. The van der Waals surface area contributed by atoms with E-state index in [2.05, 4.69) is 0 Å². The molecule has 0 unspecified atom stereocenters. The van der Waals surface area contributed by atoms with Crippen molar-refractivity contribution in [1.29, 1.82) is 0 Å². The number of carboxylic acids is 1. The zero-order valence-corrected chi connectivity index (χ0v) is 7.97. The van der Waals surface area contributed by atoms with Gasteiger partial charge in [0.15, 0.2) is 0 Å². The lowest BCUT2D eigenvalue weighted by Crippen LogP contribution is -2.47. The fourth-order valence-corrected chi connectivity index (χ4v) is 1.28. The van der Waals surface area contributed by atoms with Crippen molar-refractivity contribution >= 4 is 5.97 Å². The molecule has 0 aromatic heterocycles. The normalized spacial score (nSPS) is 15.6. The molecule has 3 nitrogen and oxygen atoms in total. The molecule has 0 radical (unpaired) electrons. The van der Waals surface area contributed by atoms with E-state index in [0.29, 0.717) is 12.8 Å². The van der Waals surface area contributed by atoms with Crippen molar-refractivity contribution in [2.24, 2.45) is 5.73 Å². The summed E-state index contributed by atoms with van der Waals surface area (Å²) in [5.41, 5.74) is 4.76. The average Bonchev–Trinajstić information content (AvgIpc) is 2.01. The Balaban J connectivity index is 4.08. The molecular formula is C9H19NO2. The molecule has 0 bridgehead atoms. The predicted octanol–water partition coefficient (Wildman–Crippen LogP) is 1.76. The largest absolute Gasteiger partial charge is 0.480 e. The van der Waals surface area contributed by atoms with Gasteiger partial charge < -0.3 is 10.8 Å². The van der Waals surface area contributed by atoms with E-state index in [9.17, 15) is 4.79 Å². The molecule has 0 saturated heterocycles. The summed E-state index contributed by atoms with van der Waals surface area (Å²) in [5.74, 6) is -0.863. The number of rotatable bonds is 6. The Labute approximate surface area is 74.0 Å². The van der Waals surface area contributed by atoms with Gasteiger partial charge in [-0.15, -0.1) is 0 Å². The van der Waals surface area contributed by atoms with Crippen molar-refractivity contribution in [2.75, 3.05) is 0 Å². The van der Waals surface area contributed by atoms with Crippen molar-refractivity contribution < 1.29 is 9.90 Å². The number of unbranched alkanes of at least 4 members (excludes halogenated alkanes) is 1. The number of carbonyl (C=O) groups is 1. The van der Waals surface area contributed by atoms with Crippen LogP contribution < -0.4 is 5.73 Å². The van der Waals surface area contributed by atoms with Crippen molar-refractivity contribution in [3.63, 3.8) is 0 Å². The van der Waals surface area contributed by atoms with E-state index >= 15 is 0 Å². The number of hydrogen-bond donors (Lipinski definition) is 2. The molecule has 0 aliphatic rings. The fraction of sp³-hybridized carbons (Fsp3) is 0.889. The Morgan fingerprint density at radius 2 is 1.92 bits per heavy atom. The quantitative estimate of drug-likeness (QED) is 0.643. The van der Waals surface area contributed by atoms with Crippen LogP contribution in [-0.2, 0) is 4.79 Å². The summed E-state index contributed by atoms with van der Waals surface area (Å²) < 4.78 is 0. The highest BCUT2D eigenvalue weighted by Gasteiger charge is 2.31. The van der Waals surface area contributed by atoms with Crippen molar-refractivity contribution in [2.45, 2.75) is 51.5 Å². The highest BCUT2D eigenvalue weighted by Crippen LogP contribution is 2.17. The Morgan fingerprint density at radius 1 is 1.33 bits per heavy atom. The van der Waals surface area contributed by atoms with E-state index in [0.717, 1.165) is 19.3 Å². The highest BCUT2D eigenvalue weighted by atomic mass is 16.4. The van der Waals surface area contributed by atoms with Crippen LogP contribution in [0.3, 0.4) is 0 Å². The van der Waals surface area contributed by atoms with Gasteiger partial charge in [-0.2, -0.15) is 0 Å². The molecule has 0 fully saturated rings. The molecule has 1 atom stereocenters. The van der Waals surface area contributed by atoms with Gasteiger partial charge >= 0.3 is 5.97 Å². The van der Waals surface area contributed by atoms with Crippen LogP contribution in [-0.4, -0.2) is 16.6 Å². The third kappa shape index (κ3) is 3.22. The standard InChI is InChI=1S/C9H19NO2/c1-3-5-7-9(10,6-4-2)8(11)12/h3-7,10H2,1-2H3,(H,11,12)/t9-/m1/s1. The van der Waals surface area contributed by atoms with Crippen LogP contribution in [0.1, 0.15) is 46.0 Å². The topological polar surface area (TPSA) is 63.3 Å². The van der Waals surface area contributed by atoms with Crippen LogP contribution in [0.2, 0.25) is 0 Å². The number of hydrogen-bond acceptors (Lipinski definition) is 2. The van der Waals surface area contributed by atoms with Crippen LogP contribution in [0.5, 0.6) is 0 Å². The molecule has 0 saturated carbocycles. The first-order valence-electron chi connectivity index (χ1n) is 4.59. The summed E-state index contributed by atoms with van der Waals surface area (Å²) in [7, 11) is 0. The number of carboxylic acid groups (broad SMARTS) is 1. The minimum absolute atomic E-state index is 0.572. The minimum atomic E-state index is -0.981. The van der Waals surface area contributed by atoms with E-state index in [4.69, 9.17) is 10.8 Å². The van der Waals surface area contributed by atoms with Gasteiger partial charge in [-0.1, -0.05) is 33.1 Å². The van der Waals surface area contributed by atoms with Crippen LogP contribution in [0.15, 0.2) is 0 Å². The van der Waals surface area contributed by atoms with Gasteiger partial charge in [0.2, 0.25) is 0 Å². The molecule has 12 heavy (non-hydrogen) atoms.